The van der Waals surface area contributed by atoms with Crippen LogP contribution in [0.3, 0.4) is 0 Å². The van der Waals surface area contributed by atoms with E-state index in [9.17, 15) is 14.4 Å². The minimum Gasteiger partial charge on any atom is -0.465 e. The van der Waals surface area contributed by atoms with E-state index in [0.29, 0.717) is 0 Å². The van der Waals surface area contributed by atoms with Crippen molar-refractivity contribution in [1.82, 2.24) is 0 Å². The minimum atomic E-state index is -0.776. The zero-order valence-corrected chi connectivity index (χ0v) is 11.4. The molecule has 0 aliphatic rings. The van der Waals surface area contributed by atoms with Crippen LogP contribution in [0.5, 0.6) is 0 Å². The number of hydrogen-bond acceptors (Lipinski definition) is 6. The molecule has 0 radical (unpaired) electrons. The Kier molecular flexibility index (Phi) is 4.69. The standard InChI is InChI=1S/C10H10ClNO5S/c1-4(13)12-6-5(9(14)16-2)7(10(15)17-3)18-8(6)11/h1-3H3,(H,12,13). The van der Waals surface area contributed by atoms with E-state index in [0.717, 1.165) is 18.4 Å². The highest BCUT2D eigenvalue weighted by atomic mass is 35.5. The number of ether oxygens (including phenoxy) is 2. The fraction of sp³-hybridized carbons (Fsp3) is 0.300. The van der Waals surface area contributed by atoms with E-state index in [1.165, 1.54) is 14.0 Å². The largest absolute Gasteiger partial charge is 0.465 e. The lowest BCUT2D eigenvalue weighted by Crippen LogP contribution is -2.13. The number of carbonyl (C=O) groups excluding carboxylic acids is 3. The molecule has 0 atom stereocenters. The quantitative estimate of drug-likeness (QED) is 0.861. The van der Waals surface area contributed by atoms with E-state index in [4.69, 9.17) is 11.6 Å². The molecule has 1 aromatic heterocycles. The first kappa shape index (κ1) is 14.5. The van der Waals surface area contributed by atoms with Gasteiger partial charge < -0.3 is 14.8 Å². The normalized spacial score (nSPS) is 9.78. The van der Waals surface area contributed by atoms with Crippen molar-refractivity contribution in [2.75, 3.05) is 19.5 Å². The highest BCUT2D eigenvalue weighted by Crippen LogP contribution is 2.38. The molecule has 0 aliphatic heterocycles. The van der Waals surface area contributed by atoms with Crippen LogP contribution in [0.25, 0.3) is 0 Å². The number of esters is 2. The Morgan fingerprint density at radius 2 is 1.72 bits per heavy atom. The Morgan fingerprint density at radius 3 is 2.17 bits per heavy atom. The lowest BCUT2D eigenvalue weighted by molar-refractivity contribution is -0.114. The first-order valence-corrected chi connectivity index (χ1v) is 5.88. The molecule has 0 saturated heterocycles. The molecule has 0 aliphatic carbocycles. The van der Waals surface area contributed by atoms with Crippen LogP contribution in [-0.4, -0.2) is 32.1 Å². The third kappa shape index (κ3) is 2.80. The first-order chi connectivity index (χ1) is 8.42. The molecule has 0 unspecified atom stereocenters. The monoisotopic (exact) mass is 291 g/mol. The van der Waals surface area contributed by atoms with Crippen LogP contribution in [0.4, 0.5) is 5.69 Å². The van der Waals surface area contributed by atoms with Gasteiger partial charge in [-0.2, -0.15) is 0 Å². The predicted molar refractivity (Wildman–Crippen MR) is 66.3 cm³/mol. The van der Waals surface area contributed by atoms with Crippen LogP contribution >= 0.6 is 22.9 Å². The van der Waals surface area contributed by atoms with Gasteiger partial charge in [0.1, 0.15) is 14.8 Å². The second-order valence-electron chi connectivity index (χ2n) is 3.12. The van der Waals surface area contributed by atoms with Gasteiger partial charge in [0.05, 0.1) is 19.9 Å². The molecule has 1 aromatic rings. The number of rotatable bonds is 3. The van der Waals surface area contributed by atoms with E-state index in [2.05, 4.69) is 14.8 Å². The van der Waals surface area contributed by atoms with Crippen molar-refractivity contribution in [3.05, 3.63) is 14.8 Å². The molecular weight excluding hydrogens is 282 g/mol. The smallest absolute Gasteiger partial charge is 0.349 e. The molecule has 0 saturated carbocycles. The number of nitrogens with one attached hydrogen (secondary N) is 1. The van der Waals surface area contributed by atoms with Gasteiger partial charge in [-0.05, 0) is 0 Å². The van der Waals surface area contributed by atoms with Gasteiger partial charge in [0, 0.05) is 6.92 Å². The Bertz CT molecular complexity index is 511. The molecule has 8 heteroatoms. The Labute approximate surface area is 112 Å². The Morgan fingerprint density at radius 1 is 1.17 bits per heavy atom. The van der Waals surface area contributed by atoms with Gasteiger partial charge in [0.2, 0.25) is 5.91 Å². The number of amides is 1. The average molecular weight is 292 g/mol. The number of methoxy groups -OCH3 is 2. The molecule has 0 fully saturated rings. The lowest BCUT2D eigenvalue weighted by atomic mass is 10.2. The fourth-order valence-corrected chi connectivity index (χ4v) is 2.49. The van der Waals surface area contributed by atoms with Crippen molar-refractivity contribution in [2.45, 2.75) is 6.92 Å². The maximum atomic E-state index is 11.6. The SMILES string of the molecule is COC(=O)c1sc(Cl)c(NC(C)=O)c1C(=O)OC. The molecule has 1 heterocycles. The summed E-state index contributed by atoms with van der Waals surface area (Å²) in [6, 6.07) is 0. The molecule has 0 aromatic carbocycles. The summed E-state index contributed by atoms with van der Waals surface area (Å²) in [5, 5.41) is 2.39. The van der Waals surface area contributed by atoms with Gasteiger partial charge in [-0.1, -0.05) is 11.6 Å². The first-order valence-electron chi connectivity index (χ1n) is 4.68. The van der Waals surface area contributed by atoms with E-state index >= 15 is 0 Å². The summed E-state index contributed by atoms with van der Waals surface area (Å²) in [5.41, 5.74) is -0.0454. The fourth-order valence-electron chi connectivity index (χ4n) is 1.22. The van der Waals surface area contributed by atoms with Crippen LogP contribution in [0.2, 0.25) is 4.34 Å². The second-order valence-corrected chi connectivity index (χ2v) is 4.74. The van der Waals surface area contributed by atoms with Gasteiger partial charge in [-0.3, -0.25) is 4.79 Å². The molecule has 1 amide bonds. The molecule has 1 rings (SSSR count). The molecule has 98 valence electrons. The van der Waals surface area contributed by atoms with Crippen LogP contribution in [0.15, 0.2) is 0 Å². The van der Waals surface area contributed by atoms with E-state index in [1.54, 1.807) is 0 Å². The highest BCUT2D eigenvalue weighted by molar-refractivity contribution is 7.19. The number of hydrogen-bond donors (Lipinski definition) is 1. The lowest BCUT2D eigenvalue weighted by Gasteiger charge is -2.05. The maximum absolute atomic E-state index is 11.6. The van der Waals surface area contributed by atoms with Gasteiger partial charge in [-0.15, -0.1) is 11.3 Å². The van der Waals surface area contributed by atoms with E-state index in [1.807, 2.05) is 0 Å². The summed E-state index contributed by atoms with van der Waals surface area (Å²) in [6.45, 7) is 1.26. The van der Waals surface area contributed by atoms with Crippen molar-refractivity contribution >= 4 is 46.5 Å². The zero-order valence-electron chi connectivity index (χ0n) is 9.83. The summed E-state index contributed by atoms with van der Waals surface area (Å²) in [5.74, 6) is -1.92. The minimum absolute atomic E-state index is 0.0156. The summed E-state index contributed by atoms with van der Waals surface area (Å²) >= 11 is 6.72. The molecule has 0 bridgehead atoms. The number of thiophene rings is 1. The number of halogens is 1. The van der Waals surface area contributed by atoms with Crippen molar-refractivity contribution in [3.63, 3.8) is 0 Å². The maximum Gasteiger partial charge on any atom is 0.349 e. The van der Waals surface area contributed by atoms with Crippen LogP contribution in [0, 0.1) is 0 Å². The van der Waals surface area contributed by atoms with Crippen molar-refractivity contribution in [3.8, 4) is 0 Å². The van der Waals surface area contributed by atoms with Crippen LogP contribution < -0.4 is 5.32 Å². The van der Waals surface area contributed by atoms with E-state index in [-0.39, 0.29) is 20.5 Å². The average Bonchev–Trinajstić information content (AvgIpc) is 2.64. The summed E-state index contributed by atoms with van der Waals surface area (Å²) in [6.07, 6.45) is 0. The predicted octanol–water partition coefficient (Wildman–Crippen LogP) is 1.93. The van der Waals surface area contributed by atoms with E-state index < -0.39 is 17.8 Å². The molecule has 18 heavy (non-hydrogen) atoms. The van der Waals surface area contributed by atoms with Crippen LogP contribution in [0.1, 0.15) is 27.0 Å². The van der Waals surface area contributed by atoms with Gasteiger partial charge in [0.25, 0.3) is 0 Å². The third-order valence-corrected chi connectivity index (χ3v) is 3.31. The van der Waals surface area contributed by atoms with Crippen molar-refractivity contribution in [2.24, 2.45) is 0 Å². The number of carbonyl (C=O) groups is 3. The van der Waals surface area contributed by atoms with Crippen molar-refractivity contribution in [1.29, 1.82) is 0 Å². The van der Waals surface area contributed by atoms with Gasteiger partial charge in [-0.25, -0.2) is 9.59 Å². The topological polar surface area (TPSA) is 81.7 Å². The van der Waals surface area contributed by atoms with Gasteiger partial charge >= 0.3 is 11.9 Å². The molecular formula is C10H10ClNO5S. The summed E-state index contributed by atoms with van der Waals surface area (Å²) < 4.78 is 9.20. The highest BCUT2D eigenvalue weighted by Gasteiger charge is 2.28. The molecule has 1 N–H and O–H groups in total. The summed E-state index contributed by atoms with van der Waals surface area (Å²) in [7, 11) is 2.33. The third-order valence-electron chi connectivity index (χ3n) is 1.93. The molecule has 6 nitrogen and oxygen atoms in total. The number of anilines is 1. The van der Waals surface area contributed by atoms with Gasteiger partial charge in [0.15, 0.2) is 0 Å². The second kappa shape index (κ2) is 5.83. The van der Waals surface area contributed by atoms with Crippen molar-refractivity contribution < 1.29 is 23.9 Å². The zero-order chi connectivity index (χ0) is 13.9. The molecule has 0 spiro atoms. The van der Waals surface area contributed by atoms with Crippen LogP contribution in [-0.2, 0) is 14.3 Å². The Hall–Kier alpha value is -1.60. The Balaban J connectivity index is 3.41. The summed E-state index contributed by atoms with van der Waals surface area (Å²) in [4.78, 5) is 34.2.